The molecule has 3 N–H and O–H groups in total. The lowest BCUT2D eigenvalue weighted by molar-refractivity contribution is 0.601. The van der Waals surface area contributed by atoms with Gasteiger partial charge >= 0.3 is 0 Å². The first-order chi connectivity index (χ1) is 9.69. The lowest BCUT2D eigenvalue weighted by atomic mass is 10.1. The first kappa shape index (κ1) is 16.1. The Morgan fingerprint density at radius 2 is 1.67 bits per heavy atom. The Kier molecular flexibility index (Phi) is 4.51. The highest BCUT2D eigenvalue weighted by atomic mass is 79.9. The summed E-state index contributed by atoms with van der Waals surface area (Å²) in [5, 5.41) is 0.261. The van der Waals surface area contributed by atoms with Crippen LogP contribution in [0.5, 0.6) is 0 Å². The number of benzene rings is 2. The third kappa shape index (κ3) is 3.70. The van der Waals surface area contributed by atoms with Gasteiger partial charge in [0.25, 0.3) is 10.0 Å². The van der Waals surface area contributed by atoms with Gasteiger partial charge in [0.05, 0.1) is 4.47 Å². The highest BCUT2D eigenvalue weighted by Crippen LogP contribution is 2.32. The van der Waals surface area contributed by atoms with Crippen molar-refractivity contribution < 1.29 is 8.42 Å². The second-order valence-corrected chi connectivity index (χ2v) is 7.67. The number of sulfonamides is 1. The molecule has 0 aliphatic rings. The Morgan fingerprint density at radius 3 is 2.24 bits per heavy atom. The van der Waals surface area contributed by atoms with E-state index in [2.05, 4.69) is 20.7 Å². The van der Waals surface area contributed by atoms with Crippen LogP contribution in [0.1, 0.15) is 11.1 Å². The third-order valence-corrected chi connectivity index (χ3v) is 5.57. The molecule has 0 atom stereocenters. The summed E-state index contributed by atoms with van der Waals surface area (Å²) in [4.78, 5) is 0.00617. The van der Waals surface area contributed by atoms with Gasteiger partial charge in [0.1, 0.15) is 4.90 Å². The lowest BCUT2D eigenvalue weighted by Gasteiger charge is -2.12. The summed E-state index contributed by atoms with van der Waals surface area (Å²) in [5.74, 6) is 0. The summed E-state index contributed by atoms with van der Waals surface area (Å²) in [6.45, 7) is 3.80. The van der Waals surface area contributed by atoms with Crippen LogP contribution in [-0.2, 0) is 10.0 Å². The maximum atomic E-state index is 12.5. The molecule has 2 aromatic carbocycles. The Bertz CT molecular complexity index is 787. The number of hydrogen-bond acceptors (Lipinski definition) is 3. The quantitative estimate of drug-likeness (QED) is 0.776. The zero-order valence-corrected chi connectivity index (χ0v) is 14.6. The van der Waals surface area contributed by atoms with Crippen LogP contribution >= 0.6 is 27.5 Å². The van der Waals surface area contributed by atoms with E-state index in [1.165, 1.54) is 12.1 Å². The molecule has 0 unspecified atom stereocenters. The van der Waals surface area contributed by atoms with Gasteiger partial charge in [-0.2, -0.15) is 0 Å². The predicted molar refractivity (Wildman–Crippen MR) is 90.3 cm³/mol. The number of hydrogen-bond donors (Lipinski definition) is 2. The zero-order valence-electron chi connectivity index (χ0n) is 11.4. The molecule has 0 heterocycles. The van der Waals surface area contributed by atoms with Gasteiger partial charge in [-0.1, -0.05) is 17.7 Å². The molecule has 0 radical (unpaired) electrons. The molecule has 0 bridgehead atoms. The topological polar surface area (TPSA) is 72.2 Å². The number of rotatable bonds is 3. The summed E-state index contributed by atoms with van der Waals surface area (Å²) >= 11 is 9.08. The molecule has 21 heavy (non-hydrogen) atoms. The molecule has 0 aliphatic carbocycles. The van der Waals surface area contributed by atoms with Crippen LogP contribution in [0.15, 0.2) is 39.7 Å². The molecule has 112 valence electrons. The van der Waals surface area contributed by atoms with Gasteiger partial charge in [-0.15, -0.1) is 0 Å². The smallest absolute Gasteiger partial charge is 0.263 e. The maximum Gasteiger partial charge on any atom is 0.263 e. The molecule has 0 aromatic heterocycles. The average molecular weight is 390 g/mol. The van der Waals surface area contributed by atoms with Crippen molar-refractivity contribution in [2.24, 2.45) is 0 Å². The fourth-order valence-corrected chi connectivity index (χ4v) is 4.36. The fourth-order valence-electron chi connectivity index (χ4n) is 2.02. The first-order valence-electron chi connectivity index (χ1n) is 6.04. The summed E-state index contributed by atoms with van der Waals surface area (Å²) in [6, 6.07) is 8.32. The van der Waals surface area contributed by atoms with Crippen LogP contribution in [0.4, 0.5) is 11.4 Å². The lowest BCUT2D eigenvalue weighted by Crippen LogP contribution is -2.14. The summed E-state index contributed by atoms with van der Waals surface area (Å²) in [7, 11) is -3.78. The van der Waals surface area contributed by atoms with Gasteiger partial charge in [-0.05, 0) is 65.2 Å². The number of halogens is 2. The molecule has 2 aromatic rings. The molecule has 0 fully saturated rings. The van der Waals surface area contributed by atoms with Crippen LogP contribution in [0.3, 0.4) is 0 Å². The number of anilines is 2. The van der Waals surface area contributed by atoms with E-state index in [4.69, 9.17) is 17.3 Å². The Hall–Kier alpha value is -1.24. The van der Waals surface area contributed by atoms with Crippen molar-refractivity contribution in [3.05, 3.63) is 51.0 Å². The van der Waals surface area contributed by atoms with E-state index >= 15 is 0 Å². The minimum atomic E-state index is -3.78. The summed E-state index contributed by atoms with van der Waals surface area (Å²) < 4.78 is 27.8. The van der Waals surface area contributed by atoms with Crippen molar-refractivity contribution in [1.29, 1.82) is 0 Å². The number of nitrogens with one attached hydrogen (secondary N) is 1. The predicted octanol–water partition coefficient (Wildman–Crippen LogP) is 4.10. The van der Waals surface area contributed by atoms with Crippen molar-refractivity contribution in [3.63, 3.8) is 0 Å². The number of nitrogen functional groups attached to an aromatic ring is 1. The Labute approximate surface area is 137 Å². The second-order valence-electron chi connectivity index (χ2n) is 4.79. The minimum absolute atomic E-state index is 0.00617. The molecule has 0 saturated heterocycles. The zero-order chi connectivity index (χ0) is 15.8. The SMILES string of the molecule is Cc1cc(C)cc(NS(=O)(=O)c2cc(Cl)cc(N)c2Br)c1. The van der Waals surface area contributed by atoms with E-state index < -0.39 is 10.0 Å². The van der Waals surface area contributed by atoms with Crippen LogP contribution in [0.25, 0.3) is 0 Å². The molecule has 2 rings (SSSR count). The van der Waals surface area contributed by atoms with Crippen molar-refractivity contribution in [1.82, 2.24) is 0 Å². The van der Waals surface area contributed by atoms with E-state index in [0.29, 0.717) is 10.2 Å². The molecule has 0 amide bonds. The van der Waals surface area contributed by atoms with Gasteiger partial charge in [-0.3, -0.25) is 4.72 Å². The molecule has 7 heteroatoms. The molecular weight excluding hydrogens is 376 g/mol. The van der Waals surface area contributed by atoms with Crippen LogP contribution in [-0.4, -0.2) is 8.42 Å². The maximum absolute atomic E-state index is 12.5. The molecule has 0 aliphatic heterocycles. The van der Waals surface area contributed by atoms with Gasteiger partial charge < -0.3 is 5.73 Å². The second kappa shape index (κ2) is 5.87. The van der Waals surface area contributed by atoms with Gasteiger partial charge in [0, 0.05) is 16.4 Å². The van der Waals surface area contributed by atoms with E-state index in [9.17, 15) is 8.42 Å². The highest BCUT2D eigenvalue weighted by Gasteiger charge is 2.20. The van der Waals surface area contributed by atoms with E-state index in [0.717, 1.165) is 11.1 Å². The van der Waals surface area contributed by atoms with Crippen LogP contribution in [0, 0.1) is 13.8 Å². The molecule has 4 nitrogen and oxygen atoms in total. The Morgan fingerprint density at radius 1 is 1.10 bits per heavy atom. The molecule has 0 saturated carbocycles. The standard InChI is InChI=1S/C14H14BrClN2O2S/c1-8-3-9(2)5-11(4-8)18-21(19,20)13-7-10(16)6-12(17)14(13)15/h3-7,18H,17H2,1-2H3. The molecule has 0 spiro atoms. The Balaban J connectivity index is 2.48. The third-order valence-electron chi connectivity index (χ3n) is 2.80. The normalized spacial score (nSPS) is 11.4. The first-order valence-corrected chi connectivity index (χ1v) is 8.70. The fraction of sp³-hybridized carbons (Fsp3) is 0.143. The molecular formula is C14H14BrClN2O2S. The average Bonchev–Trinajstić information content (AvgIpc) is 2.31. The van der Waals surface area contributed by atoms with E-state index in [-0.39, 0.29) is 15.6 Å². The van der Waals surface area contributed by atoms with Gasteiger partial charge in [0.2, 0.25) is 0 Å². The van der Waals surface area contributed by atoms with E-state index in [1.807, 2.05) is 19.9 Å². The largest absolute Gasteiger partial charge is 0.398 e. The summed E-state index contributed by atoms with van der Waals surface area (Å²) in [5.41, 5.74) is 8.44. The highest BCUT2D eigenvalue weighted by molar-refractivity contribution is 9.10. The van der Waals surface area contributed by atoms with Crippen molar-refractivity contribution in [3.8, 4) is 0 Å². The van der Waals surface area contributed by atoms with Crippen LogP contribution in [0.2, 0.25) is 5.02 Å². The van der Waals surface area contributed by atoms with E-state index in [1.54, 1.807) is 12.1 Å². The summed E-state index contributed by atoms with van der Waals surface area (Å²) in [6.07, 6.45) is 0. The minimum Gasteiger partial charge on any atom is -0.398 e. The monoisotopic (exact) mass is 388 g/mol. The van der Waals surface area contributed by atoms with Crippen molar-refractivity contribution in [2.45, 2.75) is 18.7 Å². The van der Waals surface area contributed by atoms with Crippen LogP contribution < -0.4 is 10.5 Å². The number of nitrogens with two attached hydrogens (primary N) is 1. The van der Waals surface area contributed by atoms with Crippen molar-refractivity contribution >= 4 is 48.9 Å². The van der Waals surface area contributed by atoms with Crippen molar-refractivity contribution in [2.75, 3.05) is 10.5 Å². The number of aryl methyl sites for hydroxylation is 2. The van der Waals surface area contributed by atoms with Gasteiger partial charge in [-0.25, -0.2) is 8.42 Å². The van der Waals surface area contributed by atoms with Gasteiger partial charge in [0.15, 0.2) is 0 Å².